The van der Waals surface area contributed by atoms with E-state index in [1.165, 1.54) is 35.4 Å². The third-order valence-electron chi connectivity index (χ3n) is 5.88. The second-order valence-electron chi connectivity index (χ2n) is 8.12. The Morgan fingerprint density at radius 2 is 1.58 bits per heavy atom. The number of carbonyl (C=O) groups is 1. The fourth-order valence-corrected chi connectivity index (χ4v) is 4.15. The summed E-state index contributed by atoms with van der Waals surface area (Å²) >= 11 is 0. The first-order chi connectivity index (χ1) is 15.0. The van der Waals surface area contributed by atoms with E-state index in [1.54, 1.807) is 29.2 Å². The fraction of sp³-hybridized carbons (Fsp3) is 0.269. The quantitative estimate of drug-likeness (QED) is 0.538. The normalized spacial score (nSPS) is 15.1. The summed E-state index contributed by atoms with van der Waals surface area (Å²) in [6.45, 7) is 4.61. The number of amides is 1. The molecule has 3 nitrogen and oxygen atoms in total. The summed E-state index contributed by atoms with van der Waals surface area (Å²) in [5.74, 6) is -1.30. The van der Waals surface area contributed by atoms with Crippen LogP contribution >= 0.6 is 0 Å². The molecule has 5 heteroatoms. The van der Waals surface area contributed by atoms with E-state index in [4.69, 9.17) is 0 Å². The molecule has 0 aliphatic carbocycles. The van der Waals surface area contributed by atoms with Crippen LogP contribution in [-0.2, 0) is 6.54 Å². The highest BCUT2D eigenvalue weighted by Crippen LogP contribution is 2.27. The van der Waals surface area contributed by atoms with E-state index >= 15 is 0 Å². The molecule has 0 aromatic heterocycles. The van der Waals surface area contributed by atoms with Crippen molar-refractivity contribution in [3.63, 3.8) is 0 Å². The zero-order valence-corrected chi connectivity index (χ0v) is 17.6. The van der Waals surface area contributed by atoms with Crippen LogP contribution in [0, 0.1) is 18.6 Å². The molecule has 160 valence electrons. The lowest BCUT2D eigenvalue weighted by Crippen LogP contribution is -2.47. The first kappa shape index (κ1) is 21.2. The van der Waals surface area contributed by atoms with Crippen LogP contribution in [0.2, 0.25) is 0 Å². The van der Waals surface area contributed by atoms with Gasteiger partial charge in [0.05, 0.1) is 5.56 Å². The monoisotopic (exact) mass is 420 g/mol. The number of halogens is 2. The summed E-state index contributed by atoms with van der Waals surface area (Å²) in [7, 11) is 0. The highest BCUT2D eigenvalue weighted by atomic mass is 19.1. The second-order valence-corrected chi connectivity index (χ2v) is 8.12. The maximum absolute atomic E-state index is 14.4. The van der Waals surface area contributed by atoms with Gasteiger partial charge in [0.25, 0.3) is 5.91 Å². The summed E-state index contributed by atoms with van der Waals surface area (Å²) < 4.78 is 27.9. The van der Waals surface area contributed by atoms with Gasteiger partial charge in [0.15, 0.2) is 0 Å². The first-order valence-electron chi connectivity index (χ1n) is 10.6. The maximum atomic E-state index is 14.4. The van der Waals surface area contributed by atoms with E-state index < -0.39 is 5.82 Å². The second kappa shape index (κ2) is 9.40. The molecule has 4 rings (SSSR count). The Labute approximate surface area is 181 Å². The molecular weight excluding hydrogens is 394 g/mol. The molecule has 3 aromatic carbocycles. The Bertz CT molecular complexity index is 1030. The number of nitrogens with zero attached hydrogens (tertiary/aromatic N) is 2. The molecular formula is C26H26F2N2O. The molecule has 0 saturated carbocycles. The molecule has 1 aliphatic heterocycles. The van der Waals surface area contributed by atoms with Gasteiger partial charge in [0.1, 0.15) is 11.6 Å². The van der Waals surface area contributed by atoms with E-state index in [0.29, 0.717) is 5.69 Å². The summed E-state index contributed by atoms with van der Waals surface area (Å²) in [4.78, 5) is 17.3. The standard InChI is InChI=1S/C26H26F2N2O/c1-19-6-8-20(9-7-19)18-29-16-14-23(15-17-29)30(22-12-10-21(27)11-13-22)26(31)24-4-2-3-5-25(24)28/h2-13,23H,14-18H2,1H3. The number of rotatable bonds is 5. The summed E-state index contributed by atoms with van der Waals surface area (Å²) in [5.41, 5.74) is 3.13. The highest BCUT2D eigenvalue weighted by Gasteiger charge is 2.31. The molecule has 0 unspecified atom stereocenters. The van der Waals surface area contributed by atoms with Crippen LogP contribution in [0.25, 0.3) is 0 Å². The van der Waals surface area contributed by atoms with Crippen LogP contribution in [0.15, 0.2) is 72.8 Å². The Hall–Kier alpha value is -3.05. The lowest BCUT2D eigenvalue weighted by molar-refractivity contribution is 0.0954. The lowest BCUT2D eigenvalue weighted by Gasteiger charge is -2.38. The van der Waals surface area contributed by atoms with E-state index in [9.17, 15) is 13.6 Å². The predicted octanol–water partition coefficient (Wildman–Crippen LogP) is 5.58. The van der Waals surface area contributed by atoms with Crippen LogP contribution in [0.1, 0.15) is 34.3 Å². The van der Waals surface area contributed by atoms with Crippen molar-refractivity contribution in [2.24, 2.45) is 0 Å². The largest absolute Gasteiger partial charge is 0.305 e. The van der Waals surface area contributed by atoms with Gasteiger partial charge in [-0.2, -0.15) is 0 Å². The molecule has 0 atom stereocenters. The molecule has 0 radical (unpaired) electrons. The predicted molar refractivity (Wildman–Crippen MR) is 119 cm³/mol. The maximum Gasteiger partial charge on any atom is 0.261 e. The van der Waals surface area contributed by atoms with E-state index in [-0.39, 0.29) is 23.3 Å². The molecule has 0 spiro atoms. The minimum atomic E-state index is -0.545. The first-order valence-corrected chi connectivity index (χ1v) is 10.6. The molecule has 0 N–H and O–H groups in total. The minimum absolute atomic E-state index is 0.0360. The van der Waals surface area contributed by atoms with E-state index in [1.807, 2.05) is 0 Å². The topological polar surface area (TPSA) is 23.6 Å². The number of benzene rings is 3. The van der Waals surface area contributed by atoms with Crippen LogP contribution in [0.4, 0.5) is 14.5 Å². The third kappa shape index (κ3) is 5.00. The Balaban J connectivity index is 1.52. The van der Waals surface area contributed by atoms with Crippen molar-refractivity contribution in [2.75, 3.05) is 18.0 Å². The average molecular weight is 421 g/mol. The van der Waals surface area contributed by atoms with Crippen molar-refractivity contribution < 1.29 is 13.6 Å². The van der Waals surface area contributed by atoms with Crippen molar-refractivity contribution >= 4 is 11.6 Å². The van der Waals surface area contributed by atoms with Crippen molar-refractivity contribution in [2.45, 2.75) is 32.4 Å². The van der Waals surface area contributed by atoms with E-state index in [0.717, 1.165) is 32.5 Å². The molecule has 31 heavy (non-hydrogen) atoms. The van der Waals surface area contributed by atoms with Crippen LogP contribution in [0.3, 0.4) is 0 Å². The summed E-state index contributed by atoms with van der Waals surface area (Å²) in [6, 6.07) is 20.3. The zero-order valence-electron chi connectivity index (χ0n) is 17.6. The molecule has 1 aliphatic rings. The minimum Gasteiger partial charge on any atom is -0.305 e. The Morgan fingerprint density at radius 3 is 2.23 bits per heavy atom. The van der Waals surface area contributed by atoms with Crippen molar-refractivity contribution in [1.82, 2.24) is 4.90 Å². The average Bonchev–Trinajstić information content (AvgIpc) is 2.78. The number of hydrogen-bond donors (Lipinski definition) is 0. The number of hydrogen-bond acceptors (Lipinski definition) is 2. The number of anilines is 1. The van der Waals surface area contributed by atoms with Gasteiger partial charge in [-0.1, -0.05) is 42.0 Å². The number of carbonyl (C=O) groups excluding carboxylic acids is 1. The highest BCUT2D eigenvalue weighted by molar-refractivity contribution is 6.06. The molecule has 1 saturated heterocycles. The van der Waals surface area contributed by atoms with Gasteiger partial charge in [-0.15, -0.1) is 0 Å². The molecule has 1 fully saturated rings. The SMILES string of the molecule is Cc1ccc(CN2CCC(N(C(=O)c3ccccc3F)c3ccc(F)cc3)CC2)cc1. The van der Waals surface area contributed by atoms with Gasteiger partial charge in [0.2, 0.25) is 0 Å². The van der Waals surface area contributed by atoms with E-state index in [2.05, 4.69) is 36.1 Å². The van der Waals surface area contributed by atoms with Crippen molar-refractivity contribution in [3.05, 3.63) is 101 Å². The zero-order chi connectivity index (χ0) is 21.8. The molecule has 1 heterocycles. The van der Waals surface area contributed by atoms with Gasteiger partial charge in [-0.05, 0) is 61.7 Å². The van der Waals surface area contributed by atoms with Gasteiger partial charge < -0.3 is 4.90 Å². The number of likely N-dealkylation sites (tertiary alicyclic amines) is 1. The third-order valence-corrected chi connectivity index (χ3v) is 5.88. The summed E-state index contributed by atoms with van der Waals surface area (Å²) in [6.07, 6.45) is 1.53. The molecule has 0 bridgehead atoms. The molecule has 1 amide bonds. The number of aryl methyl sites for hydroxylation is 1. The van der Waals surface area contributed by atoms with Gasteiger partial charge in [0, 0.05) is 31.4 Å². The van der Waals surface area contributed by atoms with Crippen LogP contribution in [-0.4, -0.2) is 29.9 Å². The lowest BCUT2D eigenvalue weighted by atomic mass is 10.00. The Morgan fingerprint density at radius 1 is 0.935 bits per heavy atom. The summed E-state index contributed by atoms with van der Waals surface area (Å²) in [5, 5.41) is 0. The van der Waals surface area contributed by atoms with Crippen LogP contribution < -0.4 is 4.90 Å². The van der Waals surface area contributed by atoms with Crippen LogP contribution in [0.5, 0.6) is 0 Å². The van der Waals surface area contributed by atoms with Gasteiger partial charge in [-0.25, -0.2) is 8.78 Å². The molecule has 3 aromatic rings. The Kier molecular flexibility index (Phi) is 6.42. The smallest absolute Gasteiger partial charge is 0.261 e. The fourth-order valence-electron chi connectivity index (χ4n) is 4.15. The number of piperidine rings is 1. The van der Waals surface area contributed by atoms with Crippen molar-refractivity contribution in [1.29, 1.82) is 0 Å². The van der Waals surface area contributed by atoms with Gasteiger partial charge in [-0.3, -0.25) is 9.69 Å². The van der Waals surface area contributed by atoms with Gasteiger partial charge >= 0.3 is 0 Å². The van der Waals surface area contributed by atoms with Crippen molar-refractivity contribution in [3.8, 4) is 0 Å².